The molecule has 0 saturated heterocycles. The second kappa shape index (κ2) is 8.50. The van der Waals surface area contributed by atoms with Gasteiger partial charge in [0.15, 0.2) is 0 Å². The van der Waals surface area contributed by atoms with Crippen LogP contribution in [-0.4, -0.2) is 44.3 Å². The quantitative estimate of drug-likeness (QED) is 0.607. The summed E-state index contributed by atoms with van der Waals surface area (Å²) in [6.45, 7) is -0.137. The summed E-state index contributed by atoms with van der Waals surface area (Å²) in [5.74, 6) is -2.82. The fourth-order valence-electron chi connectivity index (χ4n) is 1.98. The Morgan fingerprint density at radius 1 is 1.10 bits per heavy atom. The molecule has 1 N–H and O–H groups in total. The molecule has 0 atom stereocenters. The summed E-state index contributed by atoms with van der Waals surface area (Å²) in [6, 6.07) is 2.95. The molecule has 1 amide bonds. The standard InChI is InChI=1S/C16H11F3N6O5/c1-28-13(26)10-3-2-8(4-20-10)7-29-15(27)23-9-5-21-11(22-6-9)12-24-14(30-25-12)16(17,18)19/h2-6H,7H2,1H3,(H,23,27). The maximum Gasteiger partial charge on any atom is 0.471 e. The summed E-state index contributed by atoms with van der Waals surface area (Å²) in [5, 5.41) is 5.49. The lowest BCUT2D eigenvalue weighted by molar-refractivity contribution is -0.159. The Morgan fingerprint density at radius 3 is 2.40 bits per heavy atom. The highest BCUT2D eigenvalue weighted by atomic mass is 19.4. The number of pyridine rings is 1. The zero-order chi connectivity index (χ0) is 21.7. The number of methoxy groups -OCH3 is 1. The van der Waals surface area contributed by atoms with E-state index in [9.17, 15) is 22.8 Å². The van der Waals surface area contributed by atoms with Gasteiger partial charge in [-0.2, -0.15) is 18.2 Å². The molecule has 0 fully saturated rings. The average Bonchev–Trinajstić information content (AvgIpc) is 3.23. The lowest BCUT2D eigenvalue weighted by atomic mass is 10.2. The number of esters is 1. The van der Waals surface area contributed by atoms with Gasteiger partial charge >= 0.3 is 24.1 Å². The third-order valence-electron chi connectivity index (χ3n) is 3.36. The Hall–Kier alpha value is -4.10. The minimum Gasteiger partial charge on any atom is -0.464 e. The van der Waals surface area contributed by atoms with Crippen LogP contribution in [0.5, 0.6) is 0 Å². The molecule has 0 bridgehead atoms. The van der Waals surface area contributed by atoms with E-state index < -0.39 is 30.0 Å². The van der Waals surface area contributed by atoms with Crippen molar-refractivity contribution < 1.29 is 36.8 Å². The van der Waals surface area contributed by atoms with Crippen molar-refractivity contribution >= 4 is 17.7 Å². The molecule has 3 rings (SSSR count). The number of ether oxygens (including phenoxy) is 2. The van der Waals surface area contributed by atoms with E-state index in [4.69, 9.17) is 4.74 Å². The molecule has 0 aliphatic carbocycles. The normalized spacial score (nSPS) is 11.1. The Labute approximate surface area is 165 Å². The van der Waals surface area contributed by atoms with Gasteiger partial charge in [0.2, 0.25) is 11.6 Å². The number of amides is 1. The molecule has 0 radical (unpaired) electrons. The van der Waals surface area contributed by atoms with E-state index in [1.54, 1.807) is 0 Å². The number of nitrogens with zero attached hydrogens (tertiary/aromatic N) is 5. The third kappa shape index (κ3) is 5.03. The number of carbonyl (C=O) groups excluding carboxylic acids is 2. The minimum absolute atomic E-state index is 0.104. The predicted octanol–water partition coefficient (Wildman–Crippen LogP) is 2.48. The number of rotatable bonds is 5. The molecule has 3 heterocycles. The van der Waals surface area contributed by atoms with Gasteiger partial charge < -0.3 is 14.0 Å². The zero-order valence-corrected chi connectivity index (χ0v) is 15.0. The smallest absolute Gasteiger partial charge is 0.464 e. The van der Waals surface area contributed by atoms with E-state index in [2.05, 4.69) is 39.7 Å². The number of aromatic nitrogens is 5. The van der Waals surface area contributed by atoms with Crippen LogP contribution in [0.3, 0.4) is 0 Å². The fourth-order valence-corrected chi connectivity index (χ4v) is 1.98. The van der Waals surface area contributed by atoms with E-state index in [1.165, 1.54) is 25.4 Å². The van der Waals surface area contributed by atoms with Gasteiger partial charge in [0.05, 0.1) is 25.2 Å². The second-order valence-corrected chi connectivity index (χ2v) is 5.46. The number of hydrogen-bond acceptors (Lipinski definition) is 10. The van der Waals surface area contributed by atoms with Gasteiger partial charge in [-0.1, -0.05) is 11.2 Å². The number of halogens is 3. The summed E-state index contributed by atoms with van der Waals surface area (Å²) >= 11 is 0. The van der Waals surface area contributed by atoms with E-state index in [1.807, 2.05) is 0 Å². The molecular weight excluding hydrogens is 413 g/mol. The molecule has 0 spiro atoms. The van der Waals surface area contributed by atoms with Gasteiger partial charge in [-0.15, -0.1) is 0 Å². The summed E-state index contributed by atoms with van der Waals surface area (Å²) in [6.07, 6.45) is -2.04. The van der Waals surface area contributed by atoms with Gasteiger partial charge in [-0.25, -0.2) is 24.5 Å². The Kier molecular flexibility index (Phi) is 5.85. The number of alkyl halides is 3. The minimum atomic E-state index is -4.79. The molecule has 30 heavy (non-hydrogen) atoms. The molecular formula is C16H11F3N6O5. The SMILES string of the molecule is COC(=O)c1ccc(COC(=O)Nc2cnc(-c3noc(C(F)(F)F)n3)nc2)cn1. The Balaban J connectivity index is 1.54. The van der Waals surface area contributed by atoms with Crippen LogP contribution in [0.4, 0.5) is 23.7 Å². The lowest BCUT2D eigenvalue weighted by Crippen LogP contribution is -2.14. The summed E-state index contributed by atoms with van der Waals surface area (Å²) in [7, 11) is 1.23. The van der Waals surface area contributed by atoms with Crippen molar-refractivity contribution in [2.75, 3.05) is 12.4 Å². The van der Waals surface area contributed by atoms with Gasteiger partial charge in [0.25, 0.3) is 0 Å². The molecule has 156 valence electrons. The van der Waals surface area contributed by atoms with Crippen LogP contribution in [-0.2, 0) is 22.3 Å². The van der Waals surface area contributed by atoms with Crippen molar-refractivity contribution in [1.29, 1.82) is 0 Å². The predicted molar refractivity (Wildman–Crippen MR) is 89.7 cm³/mol. The summed E-state index contributed by atoms with van der Waals surface area (Å²) in [5.41, 5.74) is 0.733. The van der Waals surface area contributed by atoms with Gasteiger partial charge in [0.1, 0.15) is 12.3 Å². The van der Waals surface area contributed by atoms with E-state index in [0.717, 1.165) is 12.4 Å². The van der Waals surface area contributed by atoms with Crippen LogP contribution in [0.2, 0.25) is 0 Å². The van der Waals surface area contributed by atoms with Crippen molar-refractivity contribution in [3.8, 4) is 11.6 Å². The summed E-state index contributed by atoms with van der Waals surface area (Å²) in [4.78, 5) is 37.7. The molecule has 0 saturated carbocycles. The lowest BCUT2D eigenvalue weighted by Gasteiger charge is -2.07. The number of hydrogen-bond donors (Lipinski definition) is 1. The zero-order valence-electron chi connectivity index (χ0n) is 15.0. The number of carbonyl (C=O) groups is 2. The number of nitrogens with one attached hydrogen (secondary N) is 1. The largest absolute Gasteiger partial charge is 0.471 e. The first-order chi connectivity index (χ1) is 14.3. The van der Waals surface area contributed by atoms with Crippen LogP contribution >= 0.6 is 0 Å². The Bertz CT molecular complexity index is 1040. The second-order valence-electron chi connectivity index (χ2n) is 5.46. The highest BCUT2D eigenvalue weighted by Gasteiger charge is 2.38. The maximum absolute atomic E-state index is 12.5. The number of anilines is 1. The average molecular weight is 424 g/mol. The monoisotopic (exact) mass is 424 g/mol. The molecule has 0 aliphatic heterocycles. The molecule has 3 aromatic rings. The molecule has 0 aliphatic rings. The van der Waals surface area contributed by atoms with Crippen LogP contribution in [0.15, 0.2) is 35.2 Å². The van der Waals surface area contributed by atoms with Gasteiger partial charge in [-0.05, 0) is 6.07 Å². The van der Waals surface area contributed by atoms with Gasteiger partial charge in [0, 0.05) is 11.8 Å². The first-order valence-electron chi connectivity index (χ1n) is 7.96. The molecule has 3 aromatic heterocycles. The van der Waals surface area contributed by atoms with Crippen LogP contribution in [0.25, 0.3) is 11.6 Å². The van der Waals surface area contributed by atoms with Gasteiger partial charge in [-0.3, -0.25) is 5.32 Å². The third-order valence-corrected chi connectivity index (χ3v) is 3.36. The van der Waals surface area contributed by atoms with Crippen LogP contribution in [0, 0.1) is 0 Å². The van der Waals surface area contributed by atoms with E-state index in [0.29, 0.717) is 5.56 Å². The highest BCUT2D eigenvalue weighted by molar-refractivity contribution is 5.87. The summed E-state index contributed by atoms with van der Waals surface area (Å²) < 4.78 is 51.0. The van der Waals surface area contributed by atoms with Crippen molar-refractivity contribution in [2.45, 2.75) is 12.8 Å². The van der Waals surface area contributed by atoms with Crippen LogP contribution in [0.1, 0.15) is 21.9 Å². The van der Waals surface area contributed by atoms with Crippen LogP contribution < -0.4 is 5.32 Å². The highest BCUT2D eigenvalue weighted by Crippen LogP contribution is 2.28. The van der Waals surface area contributed by atoms with Crippen molar-refractivity contribution in [1.82, 2.24) is 25.1 Å². The van der Waals surface area contributed by atoms with E-state index >= 15 is 0 Å². The maximum atomic E-state index is 12.5. The molecule has 0 aromatic carbocycles. The molecule has 11 nitrogen and oxygen atoms in total. The topological polar surface area (TPSA) is 142 Å². The van der Waals surface area contributed by atoms with Crippen molar-refractivity contribution in [2.24, 2.45) is 0 Å². The fraction of sp³-hybridized carbons (Fsp3) is 0.188. The first-order valence-corrected chi connectivity index (χ1v) is 7.96. The van der Waals surface area contributed by atoms with Crippen molar-refractivity contribution in [3.05, 3.63) is 47.9 Å². The van der Waals surface area contributed by atoms with E-state index in [-0.39, 0.29) is 23.8 Å². The molecule has 0 unspecified atom stereocenters. The molecule has 14 heteroatoms. The first kappa shape index (κ1) is 20.6. The Morgan fingerprint density at radius 2 is 1.83 bits per heavy atom. The van der Waals surface area contributed by atoms with Crippen molar-refractivity contribution in [3.63, 3.8) is 0 Å².